The van der Waals surface area contributed by atoms with E-state index in [1.54, 1.807) is 30.3 Å². The summed E-state index contributed by atoms with van der Waals surface area (Å²) in [7, 11) is 1.08. The molecule has 8 heteroatoms. The molecule has 2 aromatic rings. The number of nitro benzene ring substituents is 1. The van der Waals surface area contributed by atoms with Crippen LogP contribution in [0, 0.1) is 10.1 Å². The first-order chi connectivity index (χ1) is 12.9. The Morgan fingerprint density at radius 2 is 1.78 bits per heavy atom. The molecule has 138 valence electrons. The third kappa shape index (κ3) is 2.95. The molecule has 0 N–H and O–H groups in total. The Bertz CT molecular complexity index is 927. The predicted molar refractivity (Wildman–Crippen MR) is 93.4 cm³/mol. The van der Waals surface area contributed by atoms with E-state index in [1.165, 1.54) is 24.3 Å². The molecule has 2 amide bonds. The van der Waals surface area contributed by atoms with Gasteiger partial charge in [0.15, 0.2) is 5.41 Å². The molecule has 1 saturated heterocycles. The Morgan fingerprint density at radius 3 is 2.41 bits per heavy atom. The highest BCUT2D eigenvalue weighted by Gasteiger charge is 2.61. The standard InChI is InChI=1S/C19H16N2O6/c1-27-18(24)19(14-9-5-6-10-15(14)21(25)26)11-16(22)20(17(19)23)12-13-7-3-2-4-8-13/h2-10H,11-12H2,1H3/t19-/m0/s1. The van der Waals surface area contributed by atoms with Gasteiger partial charge in [0.25, 0.3) is 11.6 Å². The average Bonchev–Trinajstić information content (AvgIpc) is 2.93. The largest absolute Gasteiger partial charge is 0.468 e. The number of imide groups is 1. The minimum Gasteiger partial charge on any atom is -0.468 e. The predicted octanol–water partition coefficient (Wildman–Crippen LogP) is 1.96. The van der Waals surface area contributed by atoms with Gasteiger partial charge in [-0.1, -0.05) is 48.5 Å². The van der Waals surface area contributed by atoms with Gasteiger partial charge in [-0.2, -0.15) is 0 Å². The van der Waals surface area contributed by atoms with Gasteiger partial charge in [0.2, 0.25) is 5.91 Å². The van der Waals surface area contributed by atoms with Crippen LogP contribution in [0.4, 0.5) is 5.69 Å². The van der Waals surface area contributed by atoms with Crippen molar-refractivity contribution in [1.82, 2.24) is 4.90 Å². The number of likely N-dealkylation sites (tertiary alicyclic amines) is 1. The number of esters is 1. The summed E-state index contributed by atoms with van der Waals surface area (Å²) in [4.78, 5) is 50.1. The fourth-order valence-corrected chi connectivity index (χ4v) is 3.32. The number of carbonyl (C=O) groups excluding carboxylic acids is 3. The Balaban J connectivity index is 2.12. The number of rotatable bonds is 5. The van der Waals surface area contributed by atoms with Gasteiger partial charge in [-0.25, -0.2) is 0 Å². The third-order valence-corrected chi connectivity index (χ3v) is 4.61. The Labute approximate surface area is 154 Å². The van der Waals surface area contributed by atoms with Crippen molar-refractivity contribution in [2.45, 2.75) is 18.4 Å². The Hall–Kier alpha value is -3.55. The number of amides is 2. The quantitative estimate of drug-likeness (QED) is 0.263. The van der Waals surface area contributed by atoms with E-state index in [2.05, 4.69) is 0 Å². The van der Waals surface area contributed by atoms with Crippen molar-refractivity contribution in [3.63, 3.8) is 0 Å². The van der Waals surface area contributed by atoms with Crippen LogP contribution in [0.2, 0.25) is 0 Å². The number of carbonyl (C=O) groups is 3. The van der Waals surface area contributed by atoms with Gasteiger partial charge in [0.05, 0.1) is 30.6 Å². The molecule has 1 aliphatic heterocycles. The van der Waals surface area contributed by atoms with Gasteiger partial charge >= 0.3 is 5.97 Å². The van der Waals surface area contributed by atoms with E-state index in [1.807, 2.05) is 0 Å². The number of hydrogen-bond acceptors (Lipinski definition) is 6. The maximum Gasteiger partial charge on any atom is 0.326 e. The van der Waals surface area contributed by atoms with Crippen LogP contribution in [0.3, 0.4) is 0 Å². The number of para-hydroxylation sites is 1. The van der Waals surface area contributed by atoms with Crippen LogP contribution in [0.25, 0.3) is 0 Å². The summed E-state index contributed by atoms with van der Waals surface area (Å²) in [6, 6.07) is 14.2. The summed E-state index contributed by atoms with van der Waals surface area (Å²) in [5.74, 6) is -2.41. The van der Waals surface area contributed by atoms with Crippen molar-refractivity contribution in [3.8, 4) is 0 Å². The molecule has 0 unspecified atom stereocenters. The van der Waals surface area contributed by atoms with E-state index in [0.29, 0.717) is 5.56 Å². The lowest BCUT2D eigenvalue weighted by Gasteiger charge is -2.24. The molecular weight excluding hydrogens is 352 g/mol. The molecule has 0 aliphatic carbocycles. The second-order valence-corrected chi connectivity index (χ2v) is 6.12. The van der Waals surface area contributed by atoms with Crippen LogP contribution < -0.4 is 0 Å². The molecule has 0 spiro atoms. The SMILES string of the molecule is COC(=O)[C@]1(c2ccccc2[N+](=O)[O-])CC(=O)N(Cc2ccccc2)C1=O. The van der Waals surface area contributed by atoms with Crippen LogP contribution in [-0.4, -0.2) is 34.7 Å². The number of nitrogens with zero attached hydrogens (tertiary/aromatic N) is 2. The minimum atomic E-state index is -2.07. The van der Waals surface area contributed by atoms with Crippen LogP contribution >= 0.6 is 0 Å². The number of ether oxygens (including phenoxy) is 1. The summed E-state index contributed by atoms with van der Waals surface area (Å²) < 4.78 is 4.78. The fourth-order valence-electron chi connectivity index (χ4n) is 3.32. The van der Waals surface area contributed by atoms with Gasteiger partial charge in [-0.15, -0.1) is 0 Å². The van der Waals surface area contributed by atoms with E-state index >= 15 is 0 Å². The molecule has 8 nitrogen and oxygen atoms in total. The first-order valence-corrected chi connectivity index (χ1v) is 8.13. The van der Waals surface area contributed by atoms with Crippen molar-refractivity contribution >= 4 is 23.5 Å². The summed E-state index contributed by atoms with van der Waals surface area (Å²) >= 11 is 0. The molecule has 1 fully saturated rings. The van der Waals surface area contributed by atoms with Crippen molar-refractivity contribution in [1.29, 1.82) is 0 Å². The number of nitro groups is 1. The molecule has 2 aromatic carbocycles. The average molecular weight is 368 g/mol. The second kappa shape index (κ2) is 6.99. The van der Waals surface area contributed by atoms with Crippen molar-refractivity contribution in [3.05, 3.63) is 75.8 Å². The Morgan fingerprint density at radius 1 is 1.15 bits per heavy atom. The number of hydrogen-bond donors (Lipinski definition) is 0. The Kier molecular flexibility index (Phi) is 4.72. The highest BCUT2D eigenvalue weighted by molar-refractivity contribution is 6.20. The molecule has 1 aliphatic rings. The summed E-state index contributed by atoms with van der Waals surface area (Å²) in [6.45, 7) is -0.0299. The smallest absolute Gasteiger partial charge is 0.326 e. The van der Waals surface area contributed by atoms with E-state index in [0.717, 1.165) is 12.0 Å². The minimum absolute atomic E-state index is 0.0299. The summed E-state index contributed by atoms with van der Waals surface area (Å²) in [5, 5.41) is 11.4. The molecular formula is C19H16N2O6. The molecule has 1 atom stereocenters. The molecule has 0 saturated carbocycles. The molecule has 0 bridgehead atoms. The van der Waals surface area contributed by atoms with Gasteiger partial charge < -0.3 is 4.74 Å². The second-order valence-electron chi connectivity index (χ2n) is 6.12. The third-order valence-electron chi connectivity index (χ3n) is 4.61. The lowest BCUT2D eigenvalue weighted by atomic mass is 9.78. The van der Waals surface area contributed by atoms with Gasteiger partial charge in [0.1, 0.15) is 0 Å². The molecule has 0 aromatic heterocycles. The van der Waals surface area contributed by atoms with Crippen molar-refractivity contribution < 1.29 is 24.0 Å². The zero-order valence-corrected chi connectivity index (χ0v) is 14.5. The first-order valence-electron chi connectivity index (χ1n) is 8.13. The van der Waals surface area contributed by atoms with Gasteiger partial charge in [0, 0.05) is 6.07 Å². The normalized spacial score (nSPS) is 19.2. The topological polar surface area (TPSA) is 107 Å². The fraction of sp³-hybridized carbons (Fsp3) is 0.211. The van der Waals surface area contributed by atoms with E-state index in [-0.39, 0.29) is 12.1 Å². The van der Waals surface area contributed by atoms with Crippen LogP contribution in [-0.2, 0) is 31.1 Å². The molecule has 1 heterocycles. The lowest BCUT2D eigenvalue weighted by Crippen LogP contribution is -2.45. The maximum atomic E-state index is 13.2. The van der Waals surface area contributed by atoms with Crippen LogP contribution in [0.5, 0.6) is 0 Å². The van der Waals surface area contributed by atoms with Crippen LogP contribution in [0.15, 0.2) is 54.6 Å². The van der Waals surface area contributed by atoms with E-state index in [4.69, 9.17) is 4.74 Å². The zero-order chi connectivity index (χ0) is 19.6. The highest BCUT2D eigenvalue weighted by atomic mass is 16.6. The lowest BCUT2D eigenvalue weighted by molar-refractivity contribution is -0.385. The van der Waals surface area contributed by atoms with Crippen molar-refractivity contribution in [2.75, 3.05) is 7.11 Å². The van der Waals surface area contributed by atoms with E-state index in [9.17, 15) is 24.5 Å². The summed E-state index contributed by atoms with van der Waals surface area (Å²) in [5.41, 5.74) is -1.92. The summed E-state index contributed by atoms with van der Waals surface area (Å²) in [6.07, 6.45) is -0.518. The van der Waals surface area contributed by atoms with Gasteiger partial charge in [-0.3, -0.25) is 29.4 Å². The first kappa shape index (κ1) is 18.2. The van der Waals surface area contributed by atoms with Crippen LogP contribution in [0.1, 0.15) is 17.5 Å². The van der Waals surface area contributed by atoms with E-state index < -0.39 is 40.2 Å². The van der Waals surface area contributed by atoms with Gasteiger partial charge in [-0.05, 0) is 5.56 Å². The monoisotopic (exact) mass is 368 g/mol. The molecule has 0 radical (unpaired) electrons. The number of benzene rings is 2. The maximum absolute atomic E-state index is 13.2. The van der Waals surface area contributed by atoms with Crippen molar-refractivity contribution in [2.24, 2.45) is 0 Å². The number of methoxy groups -OCH3 is 1. The highest BCUT2D eigenvalue weighted by Crippen LogP contribution is 2.42. The molecule has 3 rings (SSSR count). The zero-order valence-electron chi connectivity index (χ0n) is 14.5. The molecule has 27 heavy (non-hydrogen) atoms.